The first kappa shape index (κ1) is 34.5. The van der Waals surface area contributed by atoms with Crippen molar-refractivity contribution in [3.63, 3.8) is 0 Å². The van der Waals surface area contributed by atoms with Crippen molar-refractivity contribution in [2.75, 3.05) is 6.61 Å². The third-order valence-corrected chi connectivity index (χ3v) is 12.3. The summed E-state index contributed by atoms with van der Waals surface area (Å²) in [5, 5.41) is 0. The van der Waals surface area contributed by atoms with E-state index in [1.165, 1.54) is 59.1 Å². The summed E-state index contributed by atoms with van der Waals surface area (Å²) < 4.78 is 5.23. The van der Waals surface area contributed by atoms with Crippen molar-refractivity contribution in [2.24, 2.45) is 11.8 Å². The zero-order valence-corrected chi connectivity index (χ0v) is 28.9. The Bertz CT molecular complexity index is 1430. The number of benzene rings is 2. The highest BCUT2D eigenvalue weighted by Crippen LogP contribution is 2.57. The fourth-order valence-electron chi connectivity index (χ4n) is 8.09. The maximum Gasteiger partial charge on any atom is 0.309 e. The van der Waals surface area contributed by atoms with Gasteiger partial charge in [0, 0.05) is 16.7 Å². The molecule has 2 saturated carbocycles. The van der Waals surface area contributed by atoms with E-state index in [0.717, 1.165) is 19.1 Å². The van der Waals surface area contributed by atoms with Crippen LogP contribution in [0.5, 0.6) is 0 Å². The molecule has 0 saturated heterocycles. The predicted molar refractivity (Wildman–Crippen MR) is 184 cm³/mol. The molecule has 0 spiro atoms. The number of carbonyl (C=O) groups is 2. The van der Waals surface area contributed by atoms with Crippen molar-refractivity contribution < 1.29 is 14.3 Å². The average molecular weight is 601 g/mol. The van der Waals surface area contributed by atoms with Gasteiger partial charge in [0.2, 0.25) is 0 Å². The highest BCUT2D eigenvalue weighted by Gasteiger charge is 2.57. The van der Waals surface area contributed by atoms with E-state index < -0.39 is 0 Å². The molecule has 0 unspecified atom stereocenters. The maximum absolute atomic E-state index is 12.1. The molecule has 4 aliphatic rings. The van der Waals surface area contributed by atoms with Crippen LogP contribution >= 0.6 is 0 Å². The van der Waals surface area contributed by atoms with Crippen LogP contribution in [0, 0.1) is 11.8 Å². The first-order chi connectivity index (χ1) is 19.8. The second-order valence-corrected chi connectivity index (χ2v) is 17.3. The number of hydrogen-bond donors (Lipinski definition) is 0. The zero-order valence-electron chi connectivity index (χ0n) is 28.9. The normalized spacial score (nSPS) is 31.1. The standard InChI is InChI=1S/C21H30O2.C19H26O.CH4/c1-7-23-18(22)17-13-21(17,6)14-8-9-15-16(12-14)20(4,5)11-10-19(15,2)3;1-17(2)8-9-18(3,4)16-10-13(6-7-15(16)17)19(5)11-14(19)12-20;/h8-9,12,17H,7,10-11,13H2,1-6H3;6-7,10,12,14H,8-9,11H2,1-5H3;1H4/t17-,21+;14-,19+;/m00./s1. The molecule has 0 radical (unpaired) electrons. The second-order valence-electron chi connectivity index (χ2n) is 17.3. The first-order valence-corrected chi connectivity index (χ1v) is 16.8. The van der Waals surface area contributed by atoms with Crippen molar-refractivity contribution in [3.05, 3.63) is 69.8 Å². The van der Waals surface area contributed by atoms with Gasteiger partial charge >= 0.3 is 5.97 Å². The SMILES string of the molecule is C.CC1(C)CCC(C)(C)c2cc([C@@]3(C)C[C@H]3C=O)ccc21.CCOC(=O)[C@@H]1C[C@]1(C)c1ccc2c(c1)C(C)(C)CCC2(C)C. The highest BCUT2D eigenvalue weighted by molar-refractivity contribution is 5.79. The number of hydrogen-bond acceptors (Lipinski definition) is 3. The molecule has 6 rings (SSSR count). The van der Waals surface area contributed by atoms with Crippen molar-refractivity contribution in [2.45, 2.75) is 155 Å². The van der Waals surface area contributed by atoms with E-state index in [2.05, 4.69) is 106 Å². The number of esters is 1. The van der Waals surface area contributed by atoms with Gasteiger partial charge in [0.15, 0.2) is 0 Å². The monoisotopic (exact) mass is 600 g/mol. The minimum atomic E-state index is -0.0427. The Morgan fingerprint density at radius 3 is 1.48 bits per heavy atom. The molecule has 2 aromatic rings. The van der Waals surface area contributed by atoms with Gasteiger partial charge in [0.25, 0.3) is 0 Å². The molecule has 0 aromatic heterocycles. The summed E-state index contributed by atoms with van der Waals surface area (Å²) in [6.45, 7) is 25.6. The minimum absolute atomic E-state index is 0. The lowest BCUT2D eigenvalue weighted by Crippen LogP contribution is -2.34. The van der Waals surface area contributed by atoms with Gasteiger partial charge in [-0.05, 0) is 100 Å². The molecular weight excluding hydrogens is 540 g/mol. The topological polar surface area (TPSA) is 43.4 Å². The van der Waals surface area contributed by atoms with Crippen LogP contribution in [-0.2, 0) is 46.8 Å². The van der Waals surface area contributed by atoms with E-state index in [1.54, 1.807) is 0 Å². The Labute approximate surface area is 268 Å². The lowest BCUT2D eigenvalue weighted by atomic mass is 9.62. The van der Waals surface area contributed by atoms with Crippen LogP contribution in [0.4, 0.5) is 0 Å². The van der Waals surface area contributed by atoms with E-state index in [4.69, 9.17) is 4.74 Å². The van der Waals surface area contributed by atoms with E-state index in [0.29, 0.717) is 6.61 Å². The Morgan fingerprint density at radius 2 is 1.09 bits per heavy atom. The van der Waals surface area contributed by atoms with Crippen LogP contribution in [0.2, 0.25) is 0 Å². The second kappa shape index (κ2) is 11.1. The molecule has 0 N–H and O–H groups in total. The smallest absolute Gasteiger partial charge is 0.309 e. The summed E-state index contributed by atoms with van der Waals surface area (Å²) in [7, 11) is 0. The van der Waals surface area contributed by atoms with Crippen LogP contribution in [0.1, 0.15) is 155 Å². The number of carbonyl (C=O) groups excluding carboxylic acids is 2. The van der Waals surface area contributed by atoms with Gasteiger partial charge in [0.1, 0.15) is 6.29 Å². The Kier molecular flexibility index (Phi) is 8.71. The number of rotatable bonds is 5. The zero-order chi connectivity index (χ0) is 31.8. The maximum atomic E-state index is 12.1. The molecule has 2 fully saturated rings. The molecule has 0 aliphatic heterocycles. The van der Waals surface area contributed by atoms with Crippen molar-refractivity contribution in [1.29, 1.82) is 0 Å². The molecule has 4 atom stereocenters. The van der Waals surface area contributed by atoms with Gasteiger partial charge in [-0.2, -0.15) is 0 Å². The largest absolute Gasteiger partial charge is 0.466 e. The fourth-order valence-corrected chi connectivity index (χ4v) is 8.09. The number of fused-ring (bicyclic) bond motifs is 2. The number of ether oxygens (including phenoxy) is 1. The van der Waals surface area contributed by atoms with Crippen LogP contribution in [0.25, 0.3) is 0 Å². The molecule has 0 amide bonds. The van der Waals surface area contributed by atoms with E-state index in [-0.39, 0.29) is 57.7 Å². The van der Waals surface area contributed by atoms with Crippen molar-refractivity contribution >= 4 is 12.3 Å². The Balaban J connectivity index is 0.000000198. The van der Waals surface area contributed by atoms with Crippen LogP contribution in [0.3, 0.4) is 0 Å². The first-order valence-electron chi connectivity index (χ1n) is 16.8. The van der Waals surface area contributed by atoms with Gasteiger partial charge in [-0.3, -0.25) is 4.79 Å². The minimum Gasteiger partial charge on any atom is -0.466 e. The molecule has 0 heterocycles. The summed E-state index contributed by atoms with van der Waals surface area (Å²) in [6.07, 6.45) is 8.00. The Morgan fingerprint density at radius 1 is 0.682 bits per heavy atom. The summed E-state index contributed by atoms with van der Waals surface area (Å²) in [5.41, 5.74) is 9.66. The van der Waals surface area contributed by atoms with Crippen LogP contribution < -0.4 is 0 Å². The number of aldehydes is 1. The van der Waals surface area contributed by atoms with E-state index in [9.17, 15) is 9.59 Å². The van der Waals surface area contributed by atoms with Crippen LogP contribution in [-0.4, -0.2) is 18.9 Å². The van der Waals surface area contributed by atoms with Crippen molar-refractivity contribution in [3.8, 4) is 0 Å². The fraction of sp³-hybridized carbons (Fsp3) is 0.659. The molecule has 0 bridgehead atoms. The third-order valence-electron chi connectivity index (χ3n) is 12.3. The summed E-state index contributed by atoms with van der Waals surface area (Å²) in [6, 6.07) is 14.0. The average Bonchev–Trinajstić information content (AvgIpc) is 3.84. The van der Waals surface area contributed by atoms with Gasteiger partial charge in [0.05, 0.1) is 12.5 Å². The lowest BCUT2D eigenvalue weighted by Gasteiger charge is -2.42. The summed E-state index contributed by atoms with van der Waals surface area (Å²) in [5.74, 6) is 0.216. The predicted octanol–water partition coefficient (Wildman–Crippen LogP) is 10.0. The van der Waals surface area contributed by atoms with Gasteiger partial charge in [-0.15, -0.1) is 0 Å². The molecule has 3 nitrogen and oxygen atoms in total. The van der Waals surface area contributed by atoms with E-state index in [1.807, 2.05) is 6.92 Å². The third kappa shape index (κ3) is 5.82. The summed E-state index contributed by atoms with van der Waals surface area (Å²) in [4.78, 5) is 23.2. The van der Waals surface area contributed by atoms with Crippen LogP contribution in [0.15, 0.2) is 36.4 Å². The Hall–Kier alpha value is -2.42. The van der Waals surface area contributed by atoms with Gasteiger partial charge < -0.3 is 9.53 Å². The highest BCUT2D eigenvalue weighted by atomic mass is 16.5. The summed E-state index contributed by atoms with van der Waals surface area (Å²) >= 11 is 0. The lowest BCUT2D eigenvalue weighted by molar-refractivity contribution is -0.145. The molecule has 3 heteroatoms. The van der Waals surface area contributed by atoms with Crippen molar-refractivity contribution in [1.82, 2.24) is 0 Å². The van der Waals surface area contributed by atoms with Gasteiger partial charge in [-0.1, -0.05) is 113 Å². The van der Waals surface area contributed by atoms with Gasteiger partial charge in [-0.25, -0.2) is 0 Å². The van der Waals surface area contributed by atoms with E-state index >= 15 is 0 Å². The molecule has 242 valence electrons. The molecule has 4 aliphatic carbocycles. The molecular formula is C41H60O3. The quantitative estimate of drug-likeness (QED) is 0.253. The molecule has 2 aromatic carbocycles. The molecule has 44 heavy (non-hydrogen) atoms.